The van der Waals surface area contributed by atoms with E-state index < -0.39 is 12.1 Å². The molecular formula is C17H25NO5. The van der Waals surface area contributed by atoms with Crippen LogP contribution in [0, 0.1) is 5.92 Å². The molecule has 6 heteroatoms. The Bertz CT molecular complexity index is 542. The third-order valence-corrected chi connectivity index (χ3v) is 2.98. The Morgan fingerprint density at radius 3 is 2.43 bits per heavy atom. The van der Waals surface area contributed by atoms with Crippen molar-refractivity contribution in [3.8, 4) is 11.5 Å². The van der Waals surface area contributed by atoms with Crippen molar-refractivity contribution in [3.63, 3.8) is 0 Å². The molecule has 23 heavy (non-hydrogen) atoms. The predicted octanol–water partition coefficient (Wildman–Crippen LogP) is 2.41. The molecule has 1 N–H and O–H groups in total. The smallest absolute Gasteiger partial charge is 0.339 e. The van der Waals surface area contributed by atoms with Crippen LogP contribution in [0.15, 0.2) is 18.2 Å². The molecule has 0 radical (unpaired) electrons. The number of benzene rings is 1. The van der Waals surface area contributed by atoms with Gasteiger partial charge in [0.15, 0.2) is 17.6 Å². The molecule has 0 aliphatic carbocycles. The van der Waals surface area contributed by atoms with Crippen LogP contribution in [-0.2, 0) is 9.53 Å². The van der Waals surface area contributed by atoms with Gasteiger partial charge in [0.2, 0.25) is 0 Å². The highest BCUT2D eigenvalue weighted by Crippen LogP contribution is 2.28. The number of esters is 1. The van der Waals surface area contributed by atoms with Crippen molar-refractivity contribution >= 4 is 11.9 Å². The molecule has 0 heterocycles. The minimum Gasteiger partial charge on any atom is -0.493 e. The summed E-state index contributed by atoms with van der Waals surface area (Å²) in [5.74, 6) is 0.477. The number of nitrogens with one attached hydrogen (secondary N) is 1. The normalized spacial score (nSPS) is 11.7. The molecule has 1 rings (SSSR count). The zero-order chi connectivity index (χ0) is 17.4. The quantitative estimate of drug-likeness (QED) is 0.744. The minimum atomic E-state index is -0.856. The average molecular weight is 323 g/mol. The first-order chi connectivity index (χ1) is 10.9. The van der Waals surface area contributed by atoms with Crippen LogP contribution >= 0.6 is 0 Å². The van der Waals surface area contributed by atoms with E-state index in [0.717, 1.165) is 0 Å². The minimum absolute atomic E-state index is 0.301. The maximum absolute atomic E-state index is 12.1. The van der Waals surface area contributed by atoms with Crippen molar-refractivity contribution < 1.29 is 23.8 Å². The lowest BCUT2D eigenvalue weighted by atomic mass is 10.2. The molecule has 0 bridgehead atoms. The molecule has 0 fully saturated rings. The molecule has 1 aromatic rings. The summed E-state index contributed by atoms with van der Waals surface area (Å²) >= 11 is 0. The van der Waals surface area contributed by atoms with Crippen LogP contribution in [0.4, 0.5) is 0 Å². The third kappa shape index (κ3) is 5.81. The maximum atomic E-state index is 12.1. The number of carbonyl (C=O) groups excluding carboxylic acids is 2. The first-order valence-corrected chi connectivity index (χ1v) is 7.68. The number of hydrogen-bond acceptors (Lipinski definition) is 5. The van der Waals surface area contributed by atoms with Gasteiger partial charge in [0.1, 0.15) is 0 Å². The number of rotatable bonds is 8. The van der Waals surface area contributed by atoms with Gasteiger partial charge >= 0.3 is 5.97 Å². The van der Waals surface area contributed by atoms with Gasteiger partial charge < -0.3 is 19.5 Å². The largest absolute Gasteiger partial charge is 0.493 e. The number of methoxy groups -OCH3 is 1. The summed E-state index contributed by atoms with van der Waals surface area (Å²) in [7, 11) is 1.50. The highest BCUT2D eigenvalue weighted by molar-refractivity contribution is 5.92. The second-order valence-corrected chi connectivity index (χ2v) is 5.51. The second-order valence-electron chi connectivity index (χ2n) is 5.51. The fraction of sp³-hybridized carbons (Fsp3) is 0.529. The predicted molar refractivity (Wildman–Crippen MR) is 86.9 cm³/mol. The Morgan fingerprint density at radius 1 is 1.17 bits per heavy atom. The molecule has 0 saturated carbocycles. The molecule has 0 spiro atoms. The van der Waals surface area contributed by atoms with Gasteiger partial charge in [-0.05, 0) is 38.0 Å². The summed E-state index contributed by atoms with van der Waals surface area (Å²) in [5, 5.41) is 2.60. The Kier molecular flexibility index (Phi) is 7.38. The second kappa shape index (κ2) is 9.02. The summed E-state index contributed by atoms with van der Waals surface area (Å²) < 4.78 is 16.0. The van der Waals surface area contributed by atoms with E-state index in [-0.39, 0.29) is 5.91 Å². The van der Waals surface area contributed by atoms with Gasteiger partial charge in [0, 0.05) is 6.54 Å². The van der Waals surface area contributed by atoms with Crippen molar-refractivity contribution in [3.05, 3.63) is 23.8 Å². The Hall–Kier alpha value is -2.24. The molecule has 0 saturated heterocycles. The standard InChI is InChI=1S/C17H25NO5/c1-6-18-16(19)12(4)23-17(20)13-7-8-14(15(9-13)21-5)22-10-11(2)3/h7-9,11-12H,6,10H2,1-5H3,(H,18,19)/t12-/m0/s1. The molecular weight excluding hydrogens is 298 g/mol. The number of amides is 1. The van der Waals surface area contributed by atoms with Crippen molar-refractivity contribution in [2.45, 2.75) is 33.8 Å². The van der Waals surface area contributed by atoms with Crippen LogP contribution < -0.4 is 14.8 Å². The monoisotopic (exact) mass is 323 g/mol. The van der Waals surface area contributed by atoms with Gasteiger partial charge in [-0.1, -0.05) is 13.8 Å². The van der Waals surface area contributed by atoms with Crippen LogP contribution in [0.1, 0.15) is 38.1 Å². The summed E-state index contributed by atoms with van der Waals surface area (Å²) in [6.45, 7) is 8.44. The Balaban J connectivity index is 2.80. The third-order valence-electron chi connectivity index (χ3n) is 2.98. The topological polar surface area (TPSA) is 73.9 Å². The van der Waals surface area contributed by atoms with E-state index in [2.05, 4.69) is 5.32 Å². The lowest BCUT2D eigenvalue weighted by Gasteiger charge is -2.15. The van der Waals surface area contributed by atoms with E-state index in [4.69, 9.17) is 14.2 Å². The molecule has 1 amide bonds. The Morgan fingerprint density at radius 2 is 1.87 bits per heavy atom. The number of hydrogen-bond donors (Lipinski definition) is 1. The molecule has 0 unspecified atom stereocenters. The fourth-order valence-corrected chi connectivity index (χ4v) is 1.77. The number of carbonyl (C=O) groups is 2. The number of likely N-dealkylation sites (N-methyl/N-ethyl adjacent to an activating group) is 1. The van der Waals surface area contributed by atoms with Gasteiger partial charge in [-0.2, -0.15) is 0 Å². The number of ether oxygens (including phenoxy) is 3. The Labute approximate surface area is 137 Å². The van der Waals surface area contributed by atoms with E-state index in [1.54, 1.807) is 25.1 Å². The zero-order valence-corrected chi connectivity index (χ0v) is 14.3. The van der Waals surface area contributed by atoms with Crippen LogP contribution in [0.25, 0.3) is 0 Å². The molecule has 128 valence electrons. The fourth-order valence-electron chi connectivity index (χ4n) is 1.77. The van der Waals surface area contributed by atoms with Crippen molar-refractivity contribution in [1.29, 1.82) is 0 Å². The van der Waals surface area contributed by atoms with Gasteiger partial charge in [-0.15, -0.1) is 0 Å². The molecule has 1 atom stereocenters. The van der Waals surface area contributed by atoms with E-state index in [9.17, 15) is 9.59 Å². The highest BCUT2D eigenvalue weighted by Gasteiger charge is 2.19. The molecule has 6 nitrogen and oxygen atoms in total. The summed E-state index contributed by atoms with van der Waals surface area (Å²) in [6, 6.07) is 4.79. The van der Waals surface area contributed by atoms with E-state index >= 15 is 0 Å². The highest BCUT2D eigenvalue weighted by atomic mass is 16.5. The maximum Gasteiger partial charge on any atom is 0.339 e. The molecule has 1 aromatic carbocycles. The van der Waals surface area contributed by atoms with E-state index in [1.807, 2.05) is 13.8 Å². The first-order valence-electron chi connectivity index (χ1n) is 7.68. The van der Waals surface area contributed by atoms with Crippen molar-refractivity contribution in [1.82, 2.24) is 5.32 Å². The van der Waals surface area contributed by atoms with Crippen molar-refractivity contribution in [2.75, 3.05) is 20.3 Å². The zero-order valence-electron chi connectivity index (χ0n) is 14.3. The molecule has 0 aliphatic rings. The lowest BCUT2D eigenvalue weighted by Crippen LogP contribution is -2.35. The molecule has 0 aromatic heterocycles. The van der Waals surface area contributed by atoms with Gasteiger partial charge in [-0.3, -0.25) is 4.79 Å². The summed E-state index contributed by atoms with van der Waals surface area (Å²) in [6.07, 6.45) is -0.856. The average Bonchev–Trinajstić information content (AvgIpc) is 2.52. The van der Waals surface area contributed by atoms with Gasteiger partial charge in [-0.25, -0.2) is 4.79 Å². The lowest BCUT2D eigenvalue weighted by molar-refractivity contribution is -0.128. The summed E-state index contributed by atoms with van der Waals surface area (Å²) in [5.41, 5.74) is 0.301. The van der Waals surface area contributed by atoms with E-state index in [0.29, 0.717) is 36.1 Å². The first kappa shape index (κ1) is 18.8. The SMILES string of the molecule is CCNC(=O)[C@H](C)OC(=O)c1ccc(OCC(C)C)c(OC)c1. The van der Waals surface area contributed by atoms with Gasteiger partial charge in [0.05, 0.1) is 19.3 Å². The molecule has 0 aliphatic heterocycles. The van der Waals surface area contributed by atoms with E-state index in [1.165, 1.54) is 14.0 Å². The summed E-state index contributed by atoms with van der Waals surface area (Å²) in [4.78, 5) is 23.7. The van der Waals surface area contributed by atoms with Crippen LogP contribution in [0.2, 0.25) is 0 Å². The van der Waals surface area contributed by atoms with Crippen LogP contribution in [0.3, 0.4) is 0 Å². The van der Waals surface area contributed by atoms with Gasteiger partial charge in [0.25, 0.3) is 5.91 Å². The van der Waals surface area contributed by atoms with Crippen LogP contribution in [-0.4, -0.2) is 38.2 Å². The van der Waals surface area contributed by atoms with Crippen LogP contribution in [0.5, 0.6) is 11.5 Å². The van der Waals surface area contributed by atoms with Crippen molar-refractivity contribution in [2.24, 2.45) is 5.92 Å².